The zero-order valence-electron chi connectivity index (χ0n) is 15.2. The number of morpholine rings is 1. The molecule has 2 aliphatic heterocycles. The molecule has 2 aromatic heterocycles. The molecule has 0 atom stereocenters. The standard InChI is InChI=1S/C20H15N5O3S/c26-15-10-16-14(9-11(15)17-21-12-3-1-2-4-13(12)22-17)23-19-18(28-16)24-20(29-19)25-5-7-27-8-6-25/h1-4,9-10H,5-8H2,(H,21,22). The van der Waals surface area contributed by atoms with Crippen LogP contribution in [0, 0.1) is 0 Å². The van der Waals surface area contributed by atoms with E-state index in [1.165, 1.54) is 17.4 Å². The van der Waals surface area contributed by atoms with Gasteiger partial charge in [-0.15, -0.1) is 0 Å². The van der Waals surface area contributed by atoms with Crippen molar-refractivity contribution in [3.63, 3.8) is 0 Å². The zero-order chi connectivity index (χ0) is 19.4. The number of anilines is 1. The Kier molecular flexibility index (Phi) is 3.65. The second-order valence-corrected chi connectivity index (χ2v) is 7.79. The first-order valence-electron chi connectivity index (χ1n) is 9.28. The molecule has 0 unspecified atom stereocenters. The van der Waals surface area contributed by atoms with Crippen molar-refractivity contribution in [2.24, 2.45) is 0 Å². The number of hydrogen-bond donors (Lipinski definition) is 1. The molecule has 1 aliphatic carbocycles. The van der Waals surface area contributed by atoms with Gasteiger partial charge in [-0.1, -0.05) is 23.5 Å². The summed E-state index contributed by atoms with van der Waals surface area (Å²) in [6, 6.07) is 10.9. The number of nitrogens with one attached hydrogen (secondary N) is 1. The first kappa shape index (κ1) is 16.6. The summed E-state index contributed by atoms with van der Waals surface area (Å²) >= 11 is 1.48. The number of imidazole rings is 1. The molecule has 1 fully saturated rings. The van der Waals surface area contributed by atoms with Crippen molar-refractivity contribution < 1.29 is 9.15 Å². The molecule has 0 radical (unpaired) electrons. The highest BCUT2D eigenvalue weighted by molar-refractivity contribution is 7.21. The van der Waals surface area contributed by atoms with Crippen molar-refractivity contribution in [1.82, 2.24) is 19.9 Å². The molecule has 0 bridgehead atoms. The van der Waals surface area contributed by atoms with Gasteiger partial charge in [0.2, 0.25) is 0 Å². The monoisotopic (exact) mass is 405 g/mol. The van der Waals surface area contributed by atoms with E-state index in [9.17, 15) is 4.79 Å². The molecule has 6 rings (SSSR count). The van der Waals surface area contributed by atoms with Crippen molar-refractivity contribution in [2.45, 2.75) is 0 Å². The van der Waals surface area contributed by atoms with E-state index < -0.39 is 0 Å². The summed E-state index contributed by atoms with van der Waals surface area (Å²) in [6.45, 7) is 2.95. The number of ether oxygens (including phenoxy) is 1. The topological polar surface area (TPSA) is 97.1 Å². The average Bonchev–Trinajstić information content (AvgIpc) is 3.36. The van der Waals surface area contributed by atoms with Crippen molar-refractivity contribution in [3.8, 4) is 22.8 Å². The summed E-state index contributed by atoms with van der Waals surface area (Å²) in [5.41, 5.74) is 3.03. The highest BCUT2D eigenvalue weighted by Gasteiger charge is 2.21. The number of thiazole rings is 1. The molecule has 29 heavy (non-hydrogen) atoms. The third-order valence-corrected chi connectivity index (χ3v) is 5.98. The molecule has 144 valence electrons. The highest BCUT2D eigenvalue weighted by Crippen LogP contribution is 2.33. The third-order valence-electron chi connectivity index (χ3n) is 4.98. The Morgan fingerprint density at radius 3 is 2.79 bits per heavy atom. The lowest BCUT2D eigenvalue weighted by molar-refractivity contribution is 0.122. The second kappa shape index (κ2) is 6.36. The predicted octanol–water partition coefficient (Wildman–Crippen LogP) is 3.13. The Bertz CT molecular complexity index is 1350. The minimum absolute atomic E-state index is 0.176. The number of aromatic nitrogens is 4. The summed E-state index contributed by atoms with van der Waals surface area (Å²) in [7, 11) is 0. The van der Waals surface area contributed by atoms with Crippen LogP contribution in [0.3, 0.4) is 0 Å². The number of hydrogen-bond acceptors (Lipinski definition) is 8. The molecule has 1 saturated heterocycles. The van der Waals surface area contributed by atoms with E-state index in [1.54, 1.807) is 6.07 Å². The number of nitrogens with zero attached hydrogens (tertiary/aromatic N) is 4. The molecule has 8 nitrogen and oxygen atoms in total. The molecule has 9 heteroatoms. The fourth-order valence-electron chi connectivity index (χ4n) is 3.51. The van der Waals surface area contributed by atoms with E-state index in [2.05, 4.69) is 19.9 Å². The molecule has 3 aromatic rings. The van der Waals surface area contributed by atoms with Gasteiger partial charge in [-0.05, 0) is 18.2 Å². The van der Waals surface area contributed by atoms with Crippen molar-refractivity contribution >= 4 is 38.0 Å². The van der Waals surface area contributed by atoms with Crippen LogP contribution in [0.25, 0.3) is 44.4 Å². The molecule has 1 N–H and O–H groups in total. The average molecular weight is 405 g/mol. The Hall–Kier alpha value is -3.30. The lowest BCUT2D eigenvalue weighted by atomic mass is 10.1. The van der Waals surface area contributed by atoms with Gasteiger partial charge < -0.3 is 19.0 Å². The van der Waals surface area contributed by atoms with Crippen LogP contribution in [-0.4, -0.2) is 46.2 Å². The number of benzene rings is 2. The fraction of sp³-hybridized carbons (Fsp3) is 0.200. The maximum absolute atomic E-state index is 12.7. The normalized spacial score (nSPS) is 15.0. The number of fused-ring (bicyclic) bond motifs is 3. The Labute approximate surface area is 168 Å². The van der Waals surface area contributed by atoms with E-state index in [0.717, 1.165) is 29.3 Å². The SMILES string of the molecule is O=c1cc2oc3nc(N4CCOCC4)sc3nc-2cc1-c1nc2ccccc2[nH]1. The van der Waals surface area contributed by atoms with Crippen LogP contribution < -0.4 is 10.3 Å². The summed E-state index contributed by atoms with van der Waals surface area (Å²) < 4.78 is 11.3. The Morgan fingerprint density at radius 2 is 1.93 bits per heavy atom. The van der Waals surface area contributed by atoms with Gasteiger partial charge in [0, 0.05) is 19.2 Å². The van der Waals surface area contributed by atoms with Crippen molar-refractivity contribution in [1.29, 1.82) is 0 Å². The van der Waals surface area contributed by atoms with E-state index in [1.807, 2.05) is 24.3 Å². The predicted molar refractivity (Wildman–Crippen MR) is 111 cm³/mol. The number of rotatable bonds is 2. The number of aromatic amines is 1. The Balaban J connectivity index is 1.48. The lowest BCUT2D eigenvalue weighted by Crippen LogP contribution is -2.36. The third kappa shape index (κ3) is 2.78. The molecule has 0 spiro atoms. The maximum atomic E-state index is 12.7. The van der Waals surface area contributed by atoms with Gasteiger partial charge in [0.25, 0.3) is 5.71 Å². The van der Waals surface area contributed by atoms with Gasteiger partial charge in [-0.3, -0.25) is 4.79 Å². The lowest BCUT2D eigenvalue weighted by Gasteiger charge is -2.25. The Morgan fingerprint density at radius 1 is 1.07 bits per heavy atom. The van der Waals surface area contributed by atoms with E-state index in [4.69, 9.17) is 14.1 Å². The van der Waals surface area contributed by atoms with Crippen LogP contribution in [-0.2, 0) is 4.74 Å². The summed E-state index contributed by atoms with van der Waals surface area (Å²) in [4.78, 5) is 32.6. The minimum Gasteiger partial charge on any atom is -0.434 e. The summed E-state index contributed by atoms with van der Waals surface area (Å²) in [6.07, 6.45) is 0. The second-order valence-electron chi connectivity index (χ2n) is 6.84. The first-order valence-corrected chi connectivity index (χ1v) is 10.1. The maximum Gasteiger partial charge on any atom is 0.259 e. The van der Waals surface area contributed by atoms with E-state index in [0.29, 0.717) is 46.6 Å². The fourth-order valence-corrected chi connectivity index (χ4v) is 4.44. The van der Waals surface area contributed by atoms with Crippen LogP contribution in [0.5, 0.6) is 0 Å². The largest absolute Gasteiger partial charge is 0.434 e. The van der Waals surface area contributed by atoms with E-state index >= 15 is 0 Å². The van der Waals surface area contributed by atoms with Crippen LogP contribution in [0.2, 0.25) is 0 Å². The van der Waals surface area contributed by atoms with Gasteiger partial charge in [-0.2, -0.15) is 4.98 Å². The molecule has 3 aliphatic rings. The highest BCUT2D eigenvalue weighted by atomic mass is 32.1. The number of para-hydroxylation sites is 2. The van der Waals surface area contributed by atoms with Crippen molar-refractivity contribution in [3.05, 3.63) is 46.6 Å². The zero-order valence-corrected chi connectivity index (χ0v) is 16.0. The molecular formula is C20H15N5O3S. The van der Waals surface area contributed by atoms with Crippen LogP contribution in [0.4, 0.5) is 5.13 Å². The van der Waals surface area contributed by atoms with Crippen molar-refractivity contribution in [2.75, 3.05) is 31.2 Å². The first-order chi connectivity index (χ1) is 14.2. The molecular weight excluding hydrogens is 390 g/mol. The summed E-state index contributed by atoms with van der Waals surface area (Å²) in [5.74, 6) is 0.944. The molecule has 0 saturated carbocycles. The summed E-state index contributed by atoms with van der Waals surface area (Å²) in [5, 5.41) is 0.856. The van der Waals surface area contributed by atoms with Crippen LogP contribution >= 0.6 is 11.3 Å². The van der Waals surface area contributed by atoms with Crippen LogP contribution in [0.15, 0.2) is 45.6 Å². The van der Waals surface area contributed by atoms with Gasteiger partial charge in [0.1, 0.15) is 11.5 Å². The van der Waals surface area contributed by atoms with Gasteiger partial charge in [-0.25, -0.2) is 9.97 Å². The molecule has 0 amide bonds. The number of H-pyrrole nitrogens is 1. The van der Waals surface area contributed by atoms with Gasteiger partial charge in [0.05, 0.1) is 29.8 Å². The molecule has 4 heterocycles. The minimum atomic E-state index is -0.176. The smallest absolute Gasteiger partial charge is 0.259 e. The van der Waals surface area contributed by atoms with Gasteiger partial charge >= 0.3 is 0 Å². The van der Waals surface area contributed by atoms with E-state index in [-0.39, 0.29) is 5.43 Å². The molecule has 1 aromatic carbocycles. The quantitative estimate of drug-likeness (QED) is 0.482. The van der Waals surface area contributed by atoms with Gasteiger partial charge in [0.15, 0.2) is 21.2 Å². The van der Waals surface area contributed by atoms with Crippen LogP contribution in [0.1, 0.15) is 0 Å².